The van der Waals surface area contributed by atoms with E-state index in [1.807, 2.05) is 0 Å². The zero-order valence-electron chi connectivity index (χ0n) is 9.48. The number of piperidine rings is 1. The van der Waals surface area contributed by atoms with Crippen molar-refractivity contribution in [3.8, 4) is 0 Å². The van der Waals surface area contributed by atoms with Gasteiger partial charge in [0.15, 0.2) is 0 Å². The maximum absolute atomic E-state index is 11.8. The average molecular weight is 211 g/mol. The molecule has 0 aliphatic carbocycles. The lowest BCUT2D eigenvalue weighted by molar-refractivity contribution is -0.130. The van der Waals surface area contributed by atoms with Crippen LogP contribution >= 0.6 is 0 Å². The number of hydrogen-bond acceptors (Lipinski definition) is 3. The predicted octanol–water partition coefficient (Wildman–Crippen LogP) is -0.112. The molecule has 86 valence electrons. The molecule has 4 heteroatoms. The molecular formula is C11H21N3O. The van der Waals surface area contributed by atoms with Gasteiger partial charge in [-0.05, 0) is 38.9 Å². The summed E-state index contributed by atoms with van der Waals surface area (Å²) in [5, 5.41) is 0. The Balaban J connectivity index is 1.95. The van der Waals surface area contributed by atoms with Crippen molar-refractivity contribution in [2.45, 2.75) is 25.3 Å². The van der Waals surface area contributed by atoms with Crippen molar-refractivity contribution in [1.82, 2.24) is 9.80 Å². The van der Waals surface area contributed by atoms with Gasteiger partial charge in [0.25, 0.3) is 0 Å². The van der Waals surface area contributed by atoms with Crippen LogP contribution in [0.5, 0.6) is 0 Å². The van der Waals surface area contributed by atoms with E-state index in [0.29, 0.717) is 30.8 Å². The molecule has 2 fully saturated rings. The van der Waals surface area contributed by atoms with E-state index in [0.717, 1.165) is 19.5 Å². The van der Waals surface area contributed by atoms with Gasteiger partial charge in [-0.15, -0.1) is 0 Å². The van der Waals surface area contributed by atoms with Crippen molar-refractivity contribution >= 4 is 5.91 Å². The maximum atomic E-state index is 11.8. The number of carbonyl (C=O) groups is 1. The zero-order valence-corrected chi connectivity index (χ0v) is 9.48. The summed E-state index contributed by atoms with van der Waals surface area (Å²) >= 11 is 0. The number of nitrogens with zero attached hydrogens (tertiary/aromatic N) is 2. The van der Waals surface area contributed by atoms with Gasteiger partial charge >= 0.3 is 0 Å². The van der Waals surface area contributed by atoms with E-state index in [2.05, 4.69) is 16.8 Å². The lowest BCUT2D eigenvalue weighted by Crippen LogP contribution is -2.47. The molecule has 15 heavy (non-hydrogen) atoms. The van der Waals surface area contributed by atoms with Crippen LogP contribution in [0.4, 0.5) is 0 Å². The molecule has 0 spiro atoms. The smallest absolute Gasteiger partial charge is 0.223 e. The Labute approximate surface area is 91.4 Å². The molecule has 2 aliphatic rings. The van der Waals surface area contributed by atoms with E-state index in [1.54, 1.807) is 0 Å². The molecule has 2 saturated heterocycles. The highest BCUT2D eigenvalue weighted by Crippen LogP contribution is 2.23. The third-order valence-electron chi connectivity index (χ3n) is 3.61. The van der Waals surface area contributed by atoms with E-state index in [4.69, 9.17) is 5.73 Å². The van der Waals surface area contributed by atoms with Crippen molar-refractivity contribution in [2.24, 2.45) is 11.7 Å². The summed E-state index contributed by atoms with van der Waals surface area (Å²) in [5.74, 6) is 0.704. The summed E-state index contributed by atoms with van der Waals surface area (Å²) in [5.41, 5.74) is 5.63. The van der Waals surface area contributed by atoms with Gasteiger partial charge in [-0.1, -0.05) is 0 Å². The van der Waals surface area contributed by atoms with Crippen LogP contribution in [0.2, 0.25) is 0 Å². The van der Waals surface area contributed by atoms with E-state index in [-0.39, 0.29) is 0 Å². The summed E-state index contributed by atoms with van der Waals surface area (Å²) in [6, 6.07) is 0.438. The van der Waals surface area contributed by atoms with Crippen molar-refractivity contribution in [2.75, 3.05) is 33.2 Å². The highest BCUT2D eigenvalue weighted by molar-refractivity contribution is 5.79. The summed E-state index contributed by atoms with van der Waals surface area (Å²) in [7, 11) is 2.13. The van der Waals surface area contributed by atoms with Crippen LogP contribution in [0.25, 0.3) is 0 Å². The Morgan fingerprint density at radius 3 is 2.87 bits per heavy atom. The van der Waals surface area contributed by atoms with Crippen molar-refractivity contribution in [3.05, 3.63) is 0 Å². The van der Waals surface area contributed by atoms with Crippen LogP contribution < -0.4 is 5.73 Å². The van der Waals surface area contributed by atoms with Crippen LogP contribution in [0, 0.1) is 5.92 Å². The van der Waals surface area contributed by atoms with Crippen molar-refractivity contribution in [3.63, 3.8) is 0 Å². The zero-order chi connectivity index (χ0) is 10.8. The summed E-state index contributed by atoms with van der Waals surface area (Å²) in [6.45, 7) is 3.72. The second kappa shape index (κ2) is 4.49. The van der Waals surface area contributed by atoms with Gasteiger partial charge in [-0.3, -0.25) is 4.79 Å². The molecule has 0 aromatic rings. The first-order valence-electron chi connectivity index (χ1n) is 5.88. The summed E-state index contributed by atoms with van der Waals surface area (Å²) < 4.78 is 0. The second-order valence-electron chi connectivity index (χ2n) is 4.91. The van der Waals surface area contributed by atoms with Gasteiger partial charge in [-0.25, -0.2) is 0 Å². The summed E-state index contributed by atoms with van der Waals surface area (Å²) in [6.07, 6.45) is 3.03. The lowest BCUT2D eigenvalue weighted by Gasteiger charge is -2.36. The minimum absolute atomic E-state index is 0.311. The van der Waals surface area contributed by atoms with Crippen molar-refractivity contribution < 1.29 is 4.79 Å². The monoisotopic (exact) mass is 211 g/mol. The Hall–Kier alpha value is -0.610. The van der Waals surface area contributed by atoms with E-state index < -0.39 is 0 Å². The first-order chi connectivity index (χ1) is 7.20. The van der Waals surface area contributed by atoms with Gasteiger partial charge < -0.3 is 15.5 Å². The molecule has 2 N–H and O–H groups in total. The van der Waals surface area contributed by atoms with Crippen molar-refractivity contribution in [1.29, 1.82) is 0 Å². The van der Waals surface area contributed by atoms with E-state index >= 15 is 0 Å². The first-order valence-corrected chi connectivity index (χ1v) is 5.88. The van der Waals surface area contributed by atoms with E-state index in [1.165, 1.54) is 13.0 Å². The SMILES string of the molecule is CN1CCCC(N2CC(CN)CC2=O)C1. The predicted molar refractivity (Wildman–Crippen MR) is 59.4 cm³/mol. The Morgan fingerprint density at radius 1 is 1.47 bits per heavy atom. The van der Waals surface area contributed by atoms with Gasteiger partial charge in [0.1, 0.15) is 0 Å². The largest absolute Gasteiger partial charge is 0.338 e. The summed E-state index contributed by atoms with van der Waals surface area (Å²) in [4.78, 5) is 16.2. The lowest BCUT2D eigenvalue weighted by atomic mass is 10.0. The molecule has 4 nitrogen and oxygen atoms in total. The first kappa shape index (κ1) is 10.9. The number of amides is 1. The second-order valence-corrected chi connectivity index (χ2v) is 4.91. The maximum Gasteiger partial charge on any atom is 0.223 e. The molecule has 2 rings (SSSR count). The average Bonchev–Trinajstić information content (AvgIpc) is 2.60. The van der Waals surface area contributed by atoms with Gasteiger partial charge in [0, 0.05) is 25.6 Å². The van der Waals surface area contributed by atoms with Crippen LogP contribution in [0.15, 0.2) is 0 Å². The highest BCUT2D eigenvalue weighted by atomic mass is 16.2. The minimum Gasteiger partial charge on any atom is -0.338 e. The standard InChI is InChI=1S/C11H21N3O/c1-13-4-2-3-10(8-13)14-7-9(6-12)5-11(14)15/h9-10H,2-8,12H2,1H3. The van der Waals surface area contributed by atoms with Gasteiger partial charge in [0.05, 0.1) is 0 Å². The fourth-order valence-electron chi connectivity index (χ4n) is 2.71. The molecule has 2 unspecified atom stereocenters. The molecule has 0 bridgehead atoms. The fourth-order valence-corrected chi connectivity index (χ4v) is 2.71. The van der Waals surface area contributed by atoms with Gasteiger partial charge in [-0.2, -0.15) is 0 Å². The normalized spacial score (nSPS) is 33.7. The van der Waals surface area contributed by atoms with Crippen LogP contribution in [0.1, 0.15) is 19.3 Å². The van der Waals surface area contributed by atoms with Crippen LogP contribution in [-0.2, 0) is 4.79 Å². The number of likely N-dealkylation sites (tertiary alicyclic amines) is 2. The quantitative estimate of drug-likeness (QED) is 0.693. The Morgan fingerprint density at radius 2 is 2.27 bits per heavy atom. The minimum atomic E-state index is 0.311. The number of rotatable bonds is 2. The number of hydrogen-bond donors (Lipinski definition) is 1. The molecule has 1 amide bonds. The van der Waals surface area contributed by atoms with Gasteiger partial charge in [0.2, 0.25) is 5.91 Å². The van der Waals surface area contributed by atoms with Crippen LogP contribution in [0.3, 0.4) is 0 Å². The molecule has 2 atom stereocenters. The number of likely N-dealkylation sites (N-methyl/N-ethyl adjacent to an activating group) is 1. The third kappa shape index (κ3) is 2.32. The molecule has 0 aromatic carbocycles. The number of carbonyl (C=O) groups excluding carboxylic acids is 1. The Kier molecular flexibility index (Phi) is 3.26. The number of nitrogens with two attached hydrogens (primary N) is 1. The van der Waals surface area contributed by atoms with E-state index in [9.17, 15) is 4.79 Å². The molecule has 0 saturated carbocycles. The third-order valence-corrected chi connectivity index (χ3v) is 3.61. The molecule has 0 aromatic heterocycles. The molecule has 2 heterocycles. The highest BCUT2D eigenvalue weighted by Gasteiger charge is 2.34. The fraction of sp³-hybridized carbons (Fsp3) is 0.909. The molecule has 2 aliphatic heterocycles. The topological polar surface area (TPSA) is 49.6 Å². The molecule has 0 radical (unpaired) electrons. The molecular weight excluding hydrogens is 190 g/mol. The van der Waals surface area contributed by atoms with Crippen LogP contribution in [-0.4, -0.2) is 55.0 Å². The Bertz CT molecular complexity index is 244.